The van der Waals surface area contributed by atoms with Crippen molar-refractivity contribution in [1.82, 2.24) is 0 Å². The van der Waals surface area contributed by atoms with Gasteiger partial charge in [0.1, 0.15) is 0 Å². The minimum atomic E-state index is 1.33. The predicted octanol–water partition coefficient (Wildman–Crippen LogP) is 6.35. The molecule has 0 heteroatoms. The second kappa shape index (κ2) is 7.58. The summed E-state index contributed by atoms with van der Waals surface area (Å²) in [7, 11) is 0. The van der Waals surface area contributed by atoms with Crippen molar-refractivity contribution in [3.63, 3.8) is 0 Å². The van der Waals surface area contributed by atoms with Crippen LogP contribution in [0.1, 0.15) is 33.3 Å². The zero-order chi connectivity index (χ0) is 14.3. The molecule has 0 heterocycles. The number of fused-ring (bicyclic) bond motifs is 2. The van der Waals surface area contributed by atoms with E-state index in [0.29, 0.717) is 0 Å². The molecule has 0 spiro atoms. The number of benzene rings is 3. The molecule has 19 heavy (non-hydrogen) atoms. The fourth-order valence-electron chi connectivity index (χ4n) is 2.24. The normalized spacial score (nSPS) is 9.32. The van der Waals surface area contributed by atoms with E-state index in [9.17, 15) is 0 Å². The highest BCUT2D eigenvalue weighted by atomic mass is 14.1. The van der Waals surface area contributed by atoms with E-state index in [4.69, 9.17) is 0 Å². The third-order valence-corrected chi connectivity index (χ3v) is 3.04. The number of hydrogen-bond donors (Lipinski definition) is 0. The molecule has 0 aliphatic carbocycles. The van der Waals surface area contributed by atoms with Crippen molar-refractivity contribution < 1.29 is 0 Å². The molecule has 0 atom stereocenters. The van der Waals surface area contributed by atoms with Crippen LogP contribution >= 0.6 is 0 Å². The molecule has 0 aliphatic heterocycles. The molecule has 0 bridgehead atoms. The highest BCUT2D eigenvalue weighted by Crippen LogP contribution is 2.27. The first-order chi connectivity index (χ1) is 9.36. The second-order valence-electron chi connectivity index (χ2n) is 3.94. The molecule has 0 nitrogen and oxygen atoms in total. The van der Waals surface area contributed by atoms with Crippen molar-refractivity contribution in [3.8, 4) is 0 Å². The third kappa shape index (κ3) is 3.14. The molecule has 0 saturated heterocycles. The van der Waals surface area contributed by atoms with E-state index in [-0.39, 0.29) is 0 Å². The zero-order valence-electron chi connectivity index (χ0n) is 12.7. The highest BCUT2D eigenvalue weighted by Gasteiger charge is 2.01. The summed E-state index contributed by atoms with van der Waals surface area (Å²) in [5.74, 6) is 0. The summed E-state index contributed by atoms with van der Waals surface area (Å²) in [5.41, 5.74) is 1.38. The van der Waals surface area contributed by atoms with Gasteiger partial charge in [0, 0.05) is 0 Å². The Bertz CT molecular complexity index is 582. The predicted molar refractivity (Wildman–Crippen MR) is 88.9 cm³/mol. The van der Waals surface area contributed by atoms with Crippen LogP contribution in [-0.4, -0.2) is 0 Å². The maximum atomic E-state index is 2.26. The Morgan fingerprint density at radius 2 is 0.947 bits per heavy atom. The van der Waals surface area contributed by atoms with Gasteiger partial charge in [0.05, 0.1) is 0 Å². The van der Waals surface area contributed by atoms with Gasteiger partial charge in [-0.25, -0.2) is 0 Å². The molecule has 0 N–H and O–H groups in total. The van der Waals surface area contributed by atoms with Gasteiger partial charge < -0.3 is 0 Å². The van der Waals surface area contributed by atoms with E-state index >= 15 is 0 Å². The Labute approximate surface area is 117 Å². The smallest absolute Gasteiger partial charge is 0.0148 e. The Kier molecular flexibility index (Phi) is 6.08. The highest BCUT2D eigenvalue weighted by molar-refractivity contribution is 6.01. The molecule has 3 aromatic rings. The summed E-state index contributed by atoms with van der Waals surface area (Å²) in [4.78, 5) is 0. The molecule has 0 amide bonds. The summed E-state index contributed by atoms with van der Waals surface area (Å²) in [5, 5.41) is 5.37. The van der Waals surface area contributed by atoms with Crippen LogP contribution in [0.25, 0.3) is 21.5 Å². The van der Waals surface area contributed by atoms with Gasteiger partial charge in [0.25, 0.3) is 0 Å². The van der Waals surface area contributed by atoms with Crippen molar-refractivity contribution in [2.45, 2.75) is 34.6 Å². The van der Waals surface area contributed by atoms with Crippen molar-refractivity contribution in [1.29, 1.82) is 0 Å². The Hall–Kier alpha value is -1.82. The molecule has 0 aromatic heterocycles. The van der Waals surface area contributed by atoms with Crippen LogP contribution in [-0.2, 0) is 0 Å². The average Bonchev–Trinajstić information content (AvgIpc) is 2.52. The van der Waals surface area contributed by atoms with Gasteiger partial charge in [-0.05, 0) is 40.1 Å². The monoisotopic (exact) mass is 252 g/mol. The summed E-state index contributed by atoms with van der Waals surface area (Å²) >= 11 is 0. The number of hydrogen-bond acceptors (Lipinski definition) is 0. The molecule has 0 unspecified atom stereocenters. The van der Waals surface area contributed by atoms with Crippen LogP contribution in [0, 0.1) is 6.92 Å². The minimum absolute atomic E-state index is 1.33. The largest absolute Gasteiger partial charge is 0.0683 e. The lowest BCUT2D eigenvalue weighted by molar-refractivity contribution is 1.50. The topological polar surface area (TPSA) is 0 Å². The van der Waals surface area contributed by atoms with Crippen LogP contribution in [0.4, 0.5) is 0 Å². The SMILES string of the molecule is CC.CC.Cc1c2ccccc2cc2ccccc12. The Morgan fingerprint density at radius 1 is 0.579 bits per heavy atom. The molecule has 3 aromatic carbocycles. The van der Waals surface area contributed by atoms with E-state index in [1.165, 1.54) is 27.1 Å². The van der Waals surface area contributed by atoms with Gasteiger partial charge in [0.2, 0.25) is 0 Å². The Balaban J connectivity index is 0.000000415. The number of rotatable bonds is 0. The summed E-state index contributed by atoms with van der Waals surface area (Å²) in [6.07, 6.45) is 0. The van der Waals surface area contributed by atoms with Crippen molar-refractivity contribution >= 4 is 21.5 Å². The van der Waals surface area contributed by atoms with Gasteiger partial charge in [0.15, 0.2) is 0 Å². The molecule has 0 fully saturated rings. The standard InChI is InChI=1S/C15H12.2C2H6/c1-11-14-8-4-2-6-12(14)10-13-7-3-5-9-15(11)13;2*1-2/h2-10H,1H3;2*1-2H3. The molecule has 0 aliphatic rings. The van der Waals surface area contributed by atoms with E-state index in [1.807, 2.05) is 27.7 Å². The van der Waals surface area contributed by atoms with Crippen LogP contribution in [0.5, 0.6) is 0 Å². The molecular weight excluding hydrogens is 228 g/mol. The van der Waals surface area contributed by atoms with Crippen LogP contribution < -0.4 is 0 Å². The molecular formula is C19H24. The minimum Gasteiger partial charge on any atom is -0.0683 e. The first kappa shape index (κ1) is 15.2. The van der Waals surface area contributed by atoms with E-state index in [1.54, 1.807) is 0 Å². The fourth-order valence-corrected chi connectivity index (χ4v) is 2.24. The quantitative estimate of drug-likeness (QED) is 0.409. The summed E-state index contributed by atoms with van der Waals surface area (Å²) in [6, 6.07) is 19.4. The maximum absolute atomic E-state index is 2.26. The maximum Gasteiger partial charge on any atom is -0.0148 e. The van der Waals surface area contributed by atoms with E-state index in [2.05, 4.69) is 61.5 Å². The zero-order valence-corrected chi connectivity index (χ0v) is 12.7. The summed E-state index contributed by atoms with van der Waals surface area (Å²) in [6.45, 7) is 10.2. The average molecular weight is 252 g/mol. The lowest BCUT2D eigenvalue weighted by atomic mass is 9.98. The first-order valence-corrected chi connectivity index (χ1v) is 7.23. The van der Waals surface area contributed by atoms with Gasteiger partial charge in [-0.1, -0.05) is 76.2 Å². The summed E-state index contributed by atoms with van der Waals surface area (Å²) < 4.78 is 0. The van der Waals surface area contributed by atoms with Crippen molar-refractivity contribution in [3.05, 3.63) is 60.2 Å². The van der Waals surface area contributed by atoms with Crippen LogP contribution in [0.2, 0.25) is 0 Å². The Morgan fingerprint density at radius 3 is 1.37 bits per heavy atom. The van der Waals surface area contributed by atoms with Gasteiger partial charge >= 0.3 is 0 Å². The molecule has 0 radical (unpaired) electrons. The van der Waals surface area contributed by atoms with Crippen LogP contribution in [0.3, 0.4) is 0 Å². The molecule has 100 valence electrons. The van der Waals surface area contributed by atoms with E-state index in [0.717, 1.165) is 0 Å². The van der Waals surface area contributed by atoms with Gasteiger partial charge in [-0.3, -0.25) is 0 Å². The van der Waals surface area contributed by atoms with Crippen molar-refractivity contribution in [2.75, 3.05) is 0 Å². The lowest BCUT2D eigenvalue weighted by Gasteiger charge is -2.06. The first-order valence-electron chi connectivity index (χ1n) is 7.23. The van der Waals surface area contributed by atoms with Crippen LogP contribution in [0.15, 0.2) is 54.6 Å². The van der Waals surface area contributed by atoms with Gasteiger partial charge in [-0.2, -0.15) is 0 Å². The fraction of sp³-hybridized carbons (Fsp3) is 0.263. The molecule has 0 saturated carbocycles. The lowest BCUT2D eigenvalue weighted by Crippen LogP contribution is -1.81. The third-order valence-electron chi connectivity index (χ3n) is 3.04. The van der Waals surface area contributed by atoms with E-state index < -0.39 is 0 Å². The second-order valence-corrected chi connectivity index (χ2v) is 3.94. The molecule has 3 rings (SSSR count). The van der Waals surface area contributed by atoms with Gasteiger partial charge in [-0.15, -0.1) is 0 Å². The van der Waals surface area contributed by atoms with Crippen molar-refractivity contribution in [2.24, 2.45) is 0 Å². The number of aryl methyl sites for hydroxylation is 1.